The minimum Gasteiger partial charge on any atom is -0.326 e. The van der Waals surface area contributed by atoms with Crippen LogP contribution < -0.4 is 10.9 Å². The molecular weight excluding hydrogens is 176 g/mol. The molecule has 1 aliphatic heterocycles. The molecule has 0 radical (unpaired) electrons. The second-order valence-electron chi connectivity index (χ2n) is 3.81. The smallest absolute Gasteiger partial charge is 0.251 e. The maximum atomic E-state index is 11.6. The molecule has 0 aliphatic carbocycles. The second kappa shape index (κ2) is 3.96. The standard InChI is InChI=1S/C11H16N2O/c1-2-8-3-4-10(13-11(8)14)9-5-6-12-7-9/h3-4,9,12H,2,5-7H2,1H3,(H,13,14)/t9-/m0/s1. The van der Waals surface area contributed by atoms with Gasteiger partial charge in [-0.2, -0.15) is 0 Å². The largest absolute Gasteiger partial charge is 0.326 e. The molecule has 1 fully saturated rings. The summed E-state index contributed by atoms with van der Waals surface area (Å²) in [5.41, 5.74) is 2.04. The van der Waals surface area contributed by atoms with Crippen LogP contribution in [-0.2, 0) is 6.42 Å². The first-order chi connectivity index (χ1) is 6.81. The van der Waals surface area contributed by atoms with Gasteiger partial charge in [-0.1, -0.05) is 13.0 Å². The van der Waals surface area contributed by atoms with Gasteiger partial charge in [-0.3, -0.25) is 4.79 Å². The highest BCUT2D eigenvalue weighted by Gasteiger charge is 2.17. The van der Waals surface area contributed by atoms with Gasteiger partial charge in [-0.25, -0.2) is 0 Å². The fraction of sp³-hybridized carbons (Fsp3) is 0.545. The zero-order valence-corrected chi connectivity index (χ0v) is 8.47. The summed E-state index contributed by atoms with van der Waals surface area (Å²) in [4.78, 5) is 14.5. The molecule has 1 saturated heterocycles. The highest BCUT2D eigenvalue weighted by Crippen LogP contribution is 2.19. The molecule has 0 spiro atoms. The van der Waals surface area contributed by atoms with Crippen molar-refractivity contribution in [3.05, 3.63) is 33.7 Å². The molecular formula is C11H16N2O. The lowest BCUT2D eigenvalue weighted by Crippen LogP contribution is -2.16. The Morgan fingerprint density at radius 1 is 1.50 bits per heavy atom. The molecule has 1 aromatic heterocycles. The molecule has 2 N–H and O–H groups in total. The summed E-state index contributed by atoms with van der Waals surface area (Å²) in [6.45, 7) is 4.05. The minimum absolute atomic E-state index is 0.0805. The maximum Gasteiger partial charge on any atom is 0.251 e. The topological polar surface area (TPSA) is 44.9 Å². The Bertz CT molecular complexity index is 364. The summed E-state index contributed by atoms with van der Waals surface area (Å²) in [7, 11) is 0. The van der Waals surface area contributed by atoms with E-state index in [2.05, 4.69) is 16.4 Å². The third kappa shape index (κ3) is 1.73. The molecule has 76 valence electrons. The molecule has 0 unspecified atom stereocenters. The van der Waals surface area contributed by atoms with Crippen LogP contribution in [0, 0.1) is 0 Å². The van der Waals surface area contributed by atoms with Gasteiger partial charge in [0.2, 0.25) is 0 Å². The monoisotopic (exact) mass is 192 g/mol. The van der Waals surface area contributed by atoms with E-state index in [4.69, 9.17) is 0 Å². The van der Waals surface area contributed by atoms with Gasteiger partial charge >= 0.3 is 0 Å². The quantitative estimate of drug-likeness (QED) is 0.734. The molecule has 3 heteroatoms. The van der Waals surface area contributed by atoms with Crippen molar-refractivity contribution >= 4 is 0 Å². The average molecular weight is 192 g/mol. The third-order valence-electron chi connectivity index (χ3n) is 2.89. The van der Waals surface area contributed by atoms with Gasteiger partial charge in [0.25, 0.3) is 5.56 Å². The summed E-state index contributed by atoms with van der Waals surface area (Å²) < 4.78 is 0. The van der Waals surface area contributed by atoms with Gasteiger partial charge in [0.1, 0.15) is 0 Å². The summed E-state index contributed by atoms with van der Waals surface area (Å²) in [6, 6.07) is 4.00. The maximum absolute atomic E-state index is 11.6. The first-order valence-corrected chi connectivity index (χ1v) is 5.24. The second-order valence-corrected chi connectivity index (χ2v) is 3.81. The van der Waals surface area contributed by atoms with Crippen LogP contribution in [0.5, 0.6) is 0 Å². The predicted molar refractivity (Wildman–Crippen MR) is 56.7 cm³/mol. The molecule has 1 aromatic rings. The van der Waals surface area contributed by atoms with Gasteiger partial charge < -0.3 is 10.3 Å². The van der Waals surface area contributed by atoms with Crippen LogP contribution in [0.3, 0.4) is 0 Å². The Balaban J connectivity index is 2.27. The lowest BCUT2D eigenvalue weighted by Gasteiger charge is -2.08. The first-order valence-electron chi connectivity index (χ1n) is 5.24. The van der Waals surface area contributed by atoms with E-state index >= 15 is 0 Å². The van der Waals surface area contributed by atoms with Crippen LogP contribution in [0.2, 0.25) is 0 Å². The minimum atomic E-state index is 0.0805. The van der Waals surface area contributed by atoms with Crippen molar-refractivity contribution in [2.75, 3.05) is 13.1 Å². The average Bonchev–Trinajstić information content (AvgIpc) is 2.70. The van der Waals surface area contributed by atoms with E-state index in [0.29, 0.717) is 5.92 Å². The van der Waals surface area contributed by atoms with Gasteiger partial charge in [-0.15, -0.1) is 0 Å². The van der Waals surface area contributed by atoms with E-state index < -0.39 is 0 Å². The lowest BCUT2D eigenvalue weighted by molar-refractivity contribution is 0.728. The zero-order chi connectivity index (χ0) is 9.97. The van der Waals surface area contributed by atoms with E-state index in [1.165, 1.54) is 0 Å². The molecule has 0 bridgehead atoms. The van der Waals surface area contributed by atoms with E-state index in [1.54, 1.807) is 0 Å². The van der Waals surface area contributed by atoms with Crippen LogP contribution in [0.4, 0.5) is 0 Å². The molecule has 1 atom stereocenters. The fourth-order valence-electron chi connectivity index (χ4n) is 1.96. The Hall–Kier alpha value is -1.09. The third-order valence-corrected chi connectivity index (χ3v) is 2.89. The Labute approximate surface area is 83.5 Å². The van der Waals surface area contributed by atoms with Crippen LogP contribution in [0.1, 0.15) is 30.5 Å². The van der Waals surface area contributed by atoms with Gasteiger partial charge in [0.05, 0.1) is 0 Å². The van der Waals surface area contributed by atoms with Crippen molar-refractivity contribution in [3.63, 3.8) is 0 Å². The first kappa shape index (κ1) is 9.46. The SMILES string of the molecule is CCc1ccc([C@H]2CCNC2)[nH]c1=O. The molecule has 2 rings (SSSR count). The molecule has 0 amide bonds. The van der Waals surface area contributed by atoms with Crippen molar-refractivity contribution in [1.82, 2.24) is 10.3 Å². The van der Waals surface area contributed by atoms with Gasteiger partial charge in [0.15, 0.2) is 0 Å². The number of aromatic nitrogens is 1. The van der Waals surface area contributed by atoms with Crippen molar-refractivity contribution < 1.29 is 0 Å². The van der Waals surface area contributed by atoms with E-state index in [9.17, 15) is 4.79 Å². The predicted octanol–water partition coefficient (Wildman–Crippen LogP) is 1.01. The number of nitrogens with one attached hydrogen (secondary N) is 2. The lowest BCUT2D eigenvalue weighted by atomic mass is 10.0. The van der Waals surface area contributed by atoms with Crippen LogP contribution in [0.25, 0.3) is 0 Å². The molecule has 1 aliphatic rings. The number of rotatable bonds is 2. The van der Waals surface area contributed by atoms with Crippen LogP contribution in [0.15, 0.2) is 16.9 Å². The summed E-state index contributed by atoms with van der Waals surface area (Å²) in [5, 5.41) is 3.30. The summed E-state index contributed by atoms with van der Waals surface area (Å²) in [6.07, 6.45) is 1.93. The number of pyridine rings is 1. The highest BCUT2D eigenvalue weighted by molar-refractivity contribution is 5.18. The normalized spacial score (nSPS) is 21.4. The van der Waals surface area contributed by atoms with Crippen molar-refractivity contribution in [3.8, 4) is 0 Å². The molecule has 2 heterocycles. The Morgan fingerprint density at radius 3 is 2.93 bits per heavy atom. The van der Waals surface area contributed by atoms with Crippen molar-refractivity contribution in [2.24, 2.45) is 0 Å². The molecule has 14 heavy (non-hydrogen) atoms. The molecule has 3 nitrogen and oxygen atoms in total. The summed E-state index contributed by atoms with van der Waals surface area (Å²) in [5.74, 6) is 0.494. The van der Waals surface area contributed by atoms with Crippen LogP contribution in [-0.4, -0.2) is 18.1 Å². The zero-order valence-electron chi connectivity index (χ0n) is 8.47. The highest BCUT2D eigenvalue weighted by atomic mass is 16.1. The van der Waals surface area contributed by atoms with Gasteiger partial charge in [-0.05, 0) is 25.5 Å². The van der Waals surface area contributed by atoms with E-state index in [1.807, 2.05) is 13.0 Å². The number of hydrogen-bond donors (Lipinski definition) is 2. The van der Waals surface area contributed by atoms with Crippen molar-refractivity contribution in [2.45, 2.75) is 25.7 Å². The Kier molecular flexibility index (Phi) is 2.68. The van der Waals surface area contributed by atoms with E-state index in [0.717, 1.165) is 37.2 Å². The van der Waals surface area contributed by atoms with Crippen molar-refractivity contribution in [1.29, 1.82) is 0 Å². The number of hydrogen-bond acceptors (Lipinski definition) is 2. The Morgan fingerprint density at radius 2 is 2.36 bits per heavy atom. The van der Waals surface area contributed by atoms with E-state index in [-0.39, 0.29) is 5.56 Å². The summed E-state index contributed by atoms with van der Waals surface area (Å²) >= 11 is 0. The number of aromatic amines is 1. The fourth-order valence-corrected chi connectivity index (χ4v) is 1.96. The number of H-pyrrole nitrogens is 1. The molecule has 0 saturated carbocycles. The molecule has 0 aromatic carbocycles. The van der Waals surface area contributed by atoms with Crippen LogP contribution >= 0.6 is 0 Å². The number of aryl methyl sites for hydroxylation is 1. The van der Waals surface area contributed by atoms with Gasteiger partial charge in [0, 0.05) is 23.7 Å².